The van der Waals surface area contributed by atoms with E-state index in [4.69, 9.17) is 9.47 Å². The molecule has 7 nitrogen and oxygen atoms in total. The summed E-state index contributed by atoms with van der Waals surface area (Å²) in [5, 5.41) is 12.2. The molecule has 0 aliphatic carbocycles. The third-order valence-electron chi connectivity index (χ3n) is 4.66. The zero-order valence-corrected chi connectivity index (χ0v) is 16.0. The number of amides is 1. The summed E-state index contributed by atoms with van der Waals surface area (Å²) in [6, 6.07) is 11.9. The number of nitrogens with zero attached hydrogens (tertiary/aromatic N) is 1. The van der Waals surface area contributed by atoms with Crippen LogP contribution in [0.25, 0.3) is 0 Å². The number of ether oxygens (including phenoxy) is 2. The van der Waals surface area contributed by atoms with Gasteiger partial charge in [-0.3, -0.25) is 4.79 Å². The number of carboxylic acid groups (broad SMARTS) is 1. The molecule has 2 aromatic carbocycles. The van der Waals surface area contributed by atoms with Gasteiger partial charge in [-0.05, 0) is 36.8 Å². The first-order chi connectivity index (χ1) is 13.5. The lowest BCUT2D eigenvalue weighted by Crippen LogP contribution is -2.38. The number of aromatic carboxylic acids is 1. The number of nitrogens with one attached hydrogen (secondary N) is 1. The second-order valence-corrected chi connectivity index (χ2v) is 6.75. The lowest BCUT2D eigenvalue weighted by Gasteiger charge is -2.30. The summed E-state index contributed by atoms with van der Waals surface area (Å²) >= 11 is 0. The van der Waals surface area contributed by atoms with Gasteiger partial charge in [0.05, 0.1) is 42.9 Å². The number of carbonyl (C=O) groups excluding carboxylic acids is 1. The van der Waals surface area contributed by atoms with Crippen LogP contribution < -0.4 is 10.2 Å². The number of carbonyl (C=O) groups is 2. The summed E-state index contributed by atoms with van der Waals surface area (Å²) in [5.41, 5.74) is 2.64. The van der Waals surface area contributed by atoms with E-state index in [0.717, 1.165) is 5.56 Å². The van der Waals surface area contributed by atoms with Crippen molar-refractivity contribution in [3.05, 3.63) is 59.2 Å². The van der Waals surface area contributed by atoms with Gasteiger partial charge in [-0.2, -0.15) is 0 Å². The fourth-order valence-corrected chi connectivity index (χ4v) is 3.17. The Hall–Kier alpha value is -2.90. The average Bonchev–Trinajstić information content (AvgIpc) is 2.68. The van der Waals surface area contributed by atoms with Crippen molar-refractivity contribution in [1.82, 2.24) is 0 Å². The number of benzene rings is 2. The Morgan fingerprint density at radius 2 is 2.00 bits per heavy atom. The molecule has 0 saturated carbocycles. The van der Waals surface area contributed by atoms with Gasteiger partial charge in [0.1, 0.15) is 0 Å². The molecule has 0 bridgehead atoms. The standard InChI is InChI=1S/C21H24N2O5/c1-14-5-3-4-6-17(14)20(24)22-18-11-15(21(25)26)7-8-19(18)23(2)12-16-13-27-9-10-28-16/h3-8,11,16H,9-10,12-13H2,1-2H3,(H,22,24)(H,25,26)/t16-/m0/s1. The van der Waals surface area contributed by atoms with E-state index in [0.29, 0.717) is 43.3 Å². The molecule has 0 unspecified atom stereocenters. The highest BCUT2D eigenvalue weighted by Crippen LogP contribution is 2.28. The first-order valence-electron chi connectivity index (χ1n) is 9.10. The summed E-state index contributed by atoms with van der Waals surface area (Å²) in [7, 11) is 1.87. The van der Waals surface area contributed by atoms with E-state index in [9.17, 15) is 14.7 Å². The van der Waals surface area contributed by atoms with Crippen molar-refractivity contribution in [1.29, 1.82) is 0 Å². The first kappa shape index (κ1) is 19.9. The molecular formula is C21H24N2O5. The molecule has 0 spiro atoms. The van der Waals surface area contributed by atoms with Gasteiger partial charge in [-0.15, -0.1) is 0 Å². The van der Waals surface area contributed by atoms with Crippen LogP contribution in [0.1, 0.15) is 26.3 Å². The maximum atomic E-state index is 12.8. The highest BCUT2D eigenvalue weighted by molar-refractivity contribution is 6.07. The lowest BCUT2D eigenvalue weighted by molar-refractivity contribution is -0.0837. The highest BCUT2D eigenvalue weighted by Gasteiger charge is 2.20. The molecule has 7 heteroatoms. The van der Waals surface area contributed by atoms with E-state index in [1.807, 2.05) is 31.0 Å². The zero-order chi connectivity index (χ0) is 20.1. The minimum Gasteiger partial charge on any atom is -0.478 e. The molecule has 1 heterocycles. The van der Waals surface area contributed by atoms with E-state index in [1.54, 1.807) is 18.2 Å². The van der Waals surface area contributed by atoms with Gasteiger partial charge >= 0.3 is 5.97 Å². The number of aryl methyl sites for hydroxylation is 1. The van der Waals surface area contributed by atoms with Crippen LogP contribution >= 0.6 is 0 Å². The molecule has 148 valence electrons. The minimum absolute atomic E-state index is 0.0854. The molecule has 3 rings (SSSR count). The summed E-state index contributed by atoms with van der Waals surface area (Å²) in [6.45, 7) is 4.05. The Morgan fingerprint density at radius 3 is 2.68 bits per heavy atom. The second-order valence-electron chi connectivity index (χ2n) is 6.75. The zero-order valence-electron chi connectivity index (χ0n) is 16.0. The predicted octanol–water partition coefficient (Wildman–Crippen LogP) is 2.80. The quantitative estimate of drug-likeness (QED) is 0.796. The van der Waals surface area contributed by atoms with Gasteiger partial charge in [-0.1, -0.05) is 18.2 Å². The fourth-order valence-electron chi connectivity index (χ4n) is 3.17. The number of likely N-dealkylation sites (N-methyl/N-ethyl adjacent to an activating group) is 1. The maximum absolute atomic E-state index is 12.8. The van der Waals surface area contributed by atoms with Crippen LogP contribution in [0.2, 0.25) is 0 Å². The van der Waals surface area contributed by atoms with Crippen LogP contribution in [0.15, 0.2) is 42.5 Å². The SMILES string of the molecule is Cc1ccccc1C(=O)Nc1cc(C(=O)O)ccc1N(C)C[C@H]1COCCO1. The summed E-state index contributed by atoms with van der Waals surface area (Å²) in [6.07, 6.45) is -0.0854. The number of hydrogen-bond donors (Lipinski definition) is 2. The number of hydrogen-bond acceptors (Lipinski definition) is 5. The number of carboxylic acids is 1. The fraction of sp³-hybridized carbons (Fsp3) is 0.333. The molecular weight excluding hydrogens is 360 g/mol. The molecule has 1 saturated heterocycles. The normalized spacial score (nSPS) is 16.4. The van der Waals surface area contributed by atoms with Crippen molar-refractivity contribution < 1.29 is 24.2 Å². The van der Waals surface area contributed by atoms with E-state index >= 15 is 0 Å². The van der Waals surface area contributed by atoms with Crippen LogP contribution in [0.5, 0.6) is 0 Å². The third kappa shape index (κ3) is 4.68. The summed E-state index contributed by atoms with van der Waals surface area (Å²) in [5.74, 6) is -1.34. The van der Waals surface area contributed by atoms with Crippen molar-refractivity contribution >= 4 is 23.3 Å². The second kappa shape index (κ2) is 8.86. The van der Waals surface area contributed by atoms with E-state index in [1.165, 1.54) is 12.1 Å². The van der Waals surface area contributed by atoms with Crippen LogP contribution in [-0.2, 0) is 9.47 Å². The number of anilines is 2. The molecule has 28 heavy (non-hydrogen) atoms. The Bertz CT molecular complexity index is 862. The van der Waals surface area contributed by atoms with Crippen molar-refractivity contribution in [3.8, 4) is 0 Å². The van der Waals surface area contributed by atoms with E-state index < -0.39 is 5.97 Å². The smallest absolute Gasteiger partial charge is 0.335 e. The van der Waals surface area contributed by atoms with Gasteiger partial charge < -0.3 is 24.8 Å². The largest absolute Gasteiger partial charge is 0.478 e. The van der Waals surface area contributed by atoms with Crippen molar-refractivity contribution in [2.24, 2.45) is 0 Å². The van der Waals surface area contributed by atoms with Crippen LogP contribution in [-0.4, -0.2) is 56.5 Å². The van der Waals surface area contributed by atoms with Gasteiger partial charge in [0.15, 0.2) is 0 Å². The molecule has 0 radical (unpaired) electrons. The van der Waals surface area contributed by atoms with Gasteiger partial charge in [0, 0.05) is 19.2 Å². The Labute approximate surface area is 163 Å². The maximum Gasteiger partial charge on any atom is 0.335 e. The predicted molar refractivity (Wildman–Crippen MR) is 106 cm³/mol. The first-order valence-corrected chi connectivity index (χ1v) is 9.10. The monoisotopic (exact) mass is 384 g/mol. The summed E-state index contributed by atoms with van der Waals surface area (Å²) < 4.78 is 11.1. The molecule has 2 N–H and O–H groups in total. The Kier molecular flexibility index (Phi) is 6.28. The van der Waals surface area contributed by atoms with E-state index in [-0.39, 0.29) is 17.6 Å². The highest BCUT2D eigenvalue weighted by atomic mass is 16.6. The van der Waals surface area contributed by atoms with Gasteiger partial charge in [0.25, 0.3) is 5.91 Å². The topological polar surface area (TPSA) is 88.1 Å². The molecule has 1 aliphatic heterocycles. The Balaban J connectivity index is 1.86. The average molecular weight is 384 g/mol. The third-order valence-corrected chi connectivity index (χ3v) is 4.66. The van der Waals surface area contributed by atoms with Gasteiger partial charge in [0.2, 0.25) is 0 Å². The van der Waals surface area contributed by atoms with Gasteiger partial charge in [-0.25, -0.2) is 4.79 Å². The minimum atomic E-state index is -1.05. The Morgan fingerprint density at radius 1 is 1.21 bits per heavy atom. The molecule has 2 aromatic rings. The number of rotatable bonds is 6. The van der Waals surface area contributed by atoms with Crippen molar-refractivity contribution in [3.63, 3.8) is 0 Å². The van der Waals surface area contributed by atoms with Crippen LogP contribution in [0, 0.1) is 6.92 Å². The van der Waals surface area contributed by atoms with Crippen molar-refractivity contribution in [2.45, 2.75) is 13.0 Å². The molecule has 0 aromatic heterocycles. The summed E-state index contributed by atoms with van der Waals surface area (Å²) in [4.78, 5) is 26.1. The van der Waals surface area contributed by atoms with E-state index in [2.05, 4.69) is 5.32 Å². The van der Waals surface area contributed by atoms with Crippen LogP contribution in [0.4, 0.5) is 11.4 Å². The molecule has 1 amide bonds. The molecule has 1 atom stereocenters. The van der Waals surface area contributed by atoms with Crippen LogP contribution in [0.3, 0.4) is 0 Å². The van der Waals surface area contributed by atoms with Crippen molar-refractivity contribution in [2.75, 3.05) is 43.6 Å². The molecule has 1 aliphatic rings. The molecule has 1 fully saturated rings. The lowest BCUT2D eigenvalue weighted by atomic mass is 10.1.